The highest BCUT2D eigenvalue weighted by Gasteiger charge is 1.90. The lowest BCUT2D eigenvalue weighted by Crippen LogP contribution is -1.67. The molecule has 0 radical (unpaired) electrons. The first-order valence-corrected chi connectivity index (χ1v) is 24.6. The third kappa shape index (κ3) is 13.7. The lowest BCUT2D eigenvalue weighted by atomic mass is 10.1. The smallest absolute Gasteiger partial charge is 0.0256 e. The van der Waals surface area contributed by atoms with E-state index in [-0.39, 0.29) is 0 Å². The standard InChI is InChI=1S/C72H54/c1-2-56-4-3-55(1)37-38-57-5-7-59(8-6-57)41-42-61-13-15-63(16-14-61)45-46-65-21-23-67(24-22-65)49-50-69-29-31-71(32-30-69)53-54-72-35-33-70(34-36-72)52-51-68-27-25-66(26-28-68)48-47-64-19-17-62(18-20-64)44-43-60-11-9-58(10-12-60)40-39-56/h1-54H. The van der Waals surface area contributed by atoms with E-state index in [0.29, 0.717) is 0 Å². The minimum absolute atomic E-state index is 1.17. The largest absolute Gasteiger partial charge is 0.0544 e. The zero-order chi connectivity index (χ0) is 48.6. The quantitative estimate of drug-likeness (QED) is 0.142. The third-order valence-corrected chi connectivity index (χ3v) is 12.6. The van der Waals surface area contributed by atoms with E-state index in [1.54, 1.807) is 0 Å². The Morgan fingerprint density at radius 3 is 0.111 bits per heavy atom. The zero-order valence-corrected chi connectivity index (χ0v) is 40.2. The van der Waals surface area contributed by atoms with Crippen LogP contribution in [0.3, 0.4) is 0 Å². The van der Waals surface area contributed by atoms with E-state index in [4.69, 9.17) is 0 Å². The van der Waals surface area contributed by atoms with Gasteiger partial charge < -0.3 is 0 Å². The molecule has 0 spiro atoms. The highest BCUT2D eigenvalue weighted by atomic mass is 14.0. The van der Waals surface area contributed by atoms with Gasteiger partial charge in [-0.2, -0.15) is 0 Å². The second-order valence-electron chi connectivity index (χ2n) is 18.0. The Morgan fingerprint density at radius 1 is 0.0556 bits per heavy atom. The highest BCUT2D eigenvalue weighted by Crippen LogP contribution is 2.16. The van der Waals surface area contributed by atoms with Gasteiger partial charge in [0.2, 0.25) is 0 Å². The third-order valence-electron chi connectivity index (χ3n) is 12.6. The fourth-order valence-corrected chi connectivity index (χ4v) is 8.20. The van der Waals surface area contributed by atoms with Crippen molar-refractivity contribution in [2.45, 2.75) is 0 Å². The molecular formula is C72H54. The molecule has 0 aliphatic rings. The van der Waals surface area contributed by atoms with Crippen molar-refractivity contribution in [3.05, 3.63) is 328 Å². The fraction of sp³-hybridized carbons (Fsp3) is 0. The molecule has 0 nitrogen and oxygen atoms in total. The van der Waals surface area contributed by atoms with E-state index in [1.165, 1.54) is 97.0 Å². The topological polar surface area (TPSA) is 0 Å². The van der Waals surface area contributed by atoms with Crippen LogP contribution in [0, 0.1) is 0 Å². The molecule has 0 N–H and O–H groups in total. The van der Waals surface area contributed by atoms with Gasteiger partial charge in [-0.1, -0.05) is 328 Å². The van der Waals surface area contributed by atoms with Crippen molar-refractivity contribution in [3.63, 3.8) is 0 Å². The maximum Gasteiger partial charge on any atom is -0.0256 e. The van der Waals surface area contributed by atoms with Gasteiger partial charge in [0.05, 0.1) is 0 Å². The Balaban J connectivity index is 0.919. The second kappa shape index (κ2) is 23.3. The van der Waals surface area contributed by atoms with Crippen LogP contribution in [0.5, 0.6) is 0 Å². The van der Waals surface area contributed by atoms with E-state index >= 15 is 0 Å². The van der Waals surface area contributed by atoms with Gasteiger partial charge in [0.1, 0.15) is 0 Å². The van der Waals surface area contributed by atoms with Gasteiger partial charge >= 0.3 is 0 Å². The summed E-state index contributed by atoms with van der Waals surface area (Å²) in [6.07, 6.45) is 0. The van der Waals surface area contributed by atoms with Crippen molar-refractivity contribution in [1.82, 2.24) is 0 Å². The van der Waals surface area contributed by atoms with E-state index in [2.05, 4.69) is 328 Å². The van der Waals surface area contributed by atoms with Crippen LogP contribution in [0.25, 0.3) is 97.0 Å². The van der Waals surface area contributed by atoms with Crippen LogP contribution in [-0.4, -0.2) is 0 Å². The molecule has 72 heavy (non-hydrogen) atoms. The van der Waals surface area contributed by atoms with E-state index in [0.717, 1.165) is 0 Å². The Hall–Kier alpha value is -9.36. The summed E-state index contributed by atoms with van der Waals surface area (Å²) in [5.74, 6) is 0. The molecule has 27 aromatic carbocycles. The average Bonchev–Trinajstić information content (AvgIpc) is 3.44. The summed E-state index contributed by atoms with van der Waals surface area (Å²) in [6, 6.07) is 117. The van der Waals surface area contributed by atoms with Crippen molar-refractivity contribution in [3.8, 4) is 0 Å². The SMILES string of the molecule is c1cc2ccc1ccc1ccc(cc1)ccc1ccc(cc1)ccc1ccc(cc1)ccc1ccc(cc1)ccc1ccc(cc1)ccc1ccc(cc1)ccc1ccc(cc1)ccc1ccc(cc1)cc2. The Kier molecular flexibility index (Phi) is 15.0. The van der Waals surface area contributed by atoms with Gasteiger partial charge in [-0.15, -0.1) is 0 Å². The van der Waals surface area contributed by atoms with E-state index in [9.17, 15) is 0 Å². The Bertz CT molecular complexity index is 2870. The lowest BCUT2D eigenvalue weighted by Gasteiger charge is -1.92. The van der Waals surface area contributed by atoms with Crippen LogP contribution in [0.15, 0.2) is 328 Å². The van der Waals surface area contributed by atoms with Gasteiger partial charge in [0, 0.05) is 0 Å². The summed E-state index contributed by atoms with van der Waals surface area (Å²) >= 11 is 0. The van der Waals surface area contributed by atoms with Crippen LogP contribution in [0.2, 0.25) is 0 Å². The molecule has 0 atom stereocenters. The van der Waals surface area contributed by atoms with E-state index < -0.39 is 0 Å². The molecule has 27 aromatic rings. The van der Waals surface area contributed by atoms with Crippen LogP contribution in [0.1, 0.15) is 0 Å². The Labute approximate surface area is 422 Å². The molecule has 0 heteroatoms. The molecule has 0 saturated heterocycles. The van der Waals surface area contributed by atoms with E-state index in [1.807, 2.05) is 0 Å². The van der Waals surface area contributed by atoms with Crippen molar-refractivity contribution < 1.29 is 0 Å². The fourth-order valence-electron chi connectivity index (χ4n) is 8.20. The lowest BCUT2D eigenvalue weighted by molar-refractivity contribution is 1.76. The van der Waals surface area contributed by atoms with Crippen LogP contribution in [-0.2, 0) is 0 Å². The van der Waals surface area contributed by atoms with Crippen molar-refractivity contribution >= 4 is 97.0 Å². The number of hydrogen-bond acceptors (Lipinski definition) is 0. The number of hydrogen-bond donors (Lipinski definition) is 0. The average molecular weight is 919 g/mol. The summed E-state index contributed by atoms with van der Waals surface area (Å²) < 4.78 is 0. The van der Waals surface area contributed by atoms with Crippen molar-refractivity contribution in [2.75, 3.05) is 0 Å². The summed E-state index contributed by atoms with van der Waals surface area (Å²) in [5.41, 5.74) is 0. The molecule has 0 fully saturated rings. The second-order valence-corrected chi connectivity index (χ2v) is 18.0. The molecule has 0 unspecified atom stereocenters. The molecule has 0 heterocycles. The van der Waals surface area contributed by atoms with Gasteiger partial charge in [-0.05, 0) is 97.0 Å². The first-order chi connectivity index (χ1) is 35.5. The minimum Gasteiger partial charge on any atom is -0.0544 e. The van der Waals surface area contributed by atoms with Gasteiger partial charge in [-0.3, -0.25) is 0 Å². The van der Waals surface area contributed by atoms with Crippen LogP contribution < -0.4 is 0 Å². The molecule has 0 amide bonds. The number of rotatable bonds is 0. The highest BCUT2D eigenvalue weighted by molar-refractivity contribution is 5.74. The summed E-state index contributed by atoms with van der Waals surface area (Å²) in [4.78, 5) is 0. The van der Waals surface area contributed by atoms with Crippen molar-refractivity contribution in [2.24, 2.45) is 0 Å². The molecular weight excluding hydrogens is 865 g/mol. The molecule has 0 aliphatic heterocycles. The summed E-state index contributed by atoms with van der Waals surface area (Å²) in [6.45, 7) is 0. The maximum atomic E-state index is 2.17. The predicted molar refractivity (Wildman–Crippen MR) is 316 cm³/mol. The minimum atomic E-state index is 1.17. The van der Waals surface area contributed by atoms with Crippen LogP contribution in [0.4, 0.5) is 0 Å². The summed E-state index contributed by atoms with van der Waals surface area (Å²) in [7, 11) is 0. The van der Waals surface area contributed by atoms with Crippen molar-refractivity contribution in [1.29, 1.82) is 0 Å². The normalized spacial score (nSPS) is 10.5. The van der Waals surface area contributed by atoms with Gasteiger partial charge in [-0.25, -0.2) is 0 Å². The summed E-state index contributed by atoms with van der Waals surface area (Å²) in [5, 5.41) is 21.0. The predicted octanol–water partition coefficient (Wildman–Crippen LogP) is 20.5. The molecule has 0 saturated carbocycles. The first-order valence-electron chi connectivity index (χ1n) is 24.6. The first kappa shape index (κ1) is 46.4. The molecule has 18 bridgehead atoms. The molecule has 342 valence electrons. The molecule has 0 aromatic heterocycles. The maximum absolute atomic E-state index is 2.17. The molecule has 27 rings (SSSR count). The van der Waals surface area contributed by atoms with Gasteiger partial charge in [0.25, 0.3) is 0 Å². The number of benzene rings is 9. The Morgan fingerprint density at radius 2 is 0.0833 bits per heavy atom. The van der Waals surface area contributed by atoms with Crippen LogP contribution >= 0.6 is 0 Å². The monoisotopic (exact) mass is 918 g/mol. The van der Waals surface area contributed by atoms with Gasteiger partial charge in [0.15, 0.2) is 0 Å². The molecule has 0 aliphatic carbocycles. The zero-order valence-electron chi connectivity index (χ0n) is 40.2.